The van der Waals surface area contributed by atoms with E-state index in [2.05, 4.69) is 5.16 Å². The zero-order valence-electron chi connectivity index (χ0n) is 13.4. The number of likely N-dealkylation sites (tertiary alicyclic amines) is 1. The summed E-state index contributed by atoms with van der Waals surface area (Å²) in [6.07, 6.45) is 2.87. The van der Waals surface area contributed by atoms with E-state index in [1.165, 1.54) is 4.90 Å². The summed E-state index contributed by atoms with van der Waals surface area (Å²) in [5.41, 5.74) is 0.889. The van der Waals surface area contributed by atoms with E-state index in [0.717, 1.165) is 24.8 Å². The molecule has 130 valence electrons. The first-order valence-corrected chi connectivity index (χ1v) is 8.69. The maximum Gasteiger partial charge on any atom is 0.326 e. The number of nitrogens with zero attached hydrogens (tertiary/aromatic N) is 2. The van der Waals surface area contributed by atoms with E-state index in [0.29, 0.717) is 17.3 Å². The number of carbonyl (C=O) groups is 2. The Bertz CT molecular complexity index is 817. The van der Waals surface area contributed by atoms with Crippen molar-refractivity contribution >= 4 is 23.5 Å². The molecule has 1 aromatic carbocycles. The van der Waals surface area contributed by atoms with Crippen molar-refractivity contribution in [2.24, 2.45) is 11.8 Å². The van der Waals surface area contributed by atoms with Gasteiger partial charge in [0.15, 0.2) is 11.5 Å². The van der Waals surface area contributed by atoms with Crippen molar-refractivity contribution in [3.63, 3.8) is 0 Å². The summed E-state index contributed by atoms with van der Waals surface area (Å²) in [4.78, 5) is 26.0. The number of carbonyl (C=O) groups excluding carboxylic acids is 1. The molecule has 4 rings (SSSR count). The molecule has 3 atom stereocenters. The number of amides is 1. The zero-order chi connectivity index (χ0) is 17.6. The fourth-order valence-electron chi connectivity index (χ4n) is 4.10. The van der Waals surface area contributed by atoms with Crippen molar-refractivity contribution in [1.82, 2.24) is 10.1 Å². The van der Waals surface area contributed by atoms with Crippen LogP contribution in [0.5, 0.6) is 0 Å². The Morgan fingerprint density at radius 2 is 2.00 bits per heavy atom. The zero-order valence-corrected chi connectivity index (χ0v) is 14.1. The third-order valence-corrected chi connectivity index (χ3v) is 5.51. The van der Waals surface area contributed by atoms with Gasteiger partial charge >= 0.3 is 5.97 Å². The van der Waals surface area contributed by atoms with E-state index in [1.54, 1.807) is 30.3 Å². The Labute approximate surface area is 149 Å². The van der Waals surface area contributed by atoms with E-state index in [4.69, 9.17) is 16.1 Å². The van der Waals surface area contributed by atoms with E-state index in [-0.39, 0.29) is 23.4 Å². The van der Waals surface area contributed by atoms with Crippen LogP contribution in [0.25, 0.3) is 11.3 Å². The van der Waals surface area contributed by atoms with Gasteiger partial charge in [-0.05, 0) is 48.9 Å². The summed E-state index contributed by atoms with van der Waals surface area (Å²) >= 11 is 5.87. The fraction of sp³-hybridized carbons (Fsp3) is 0.389. The highest BCUT2D eigenvalue weighted by Gasteiger charge is 2.50. The molecule has 25 heavy (non-hydrogen) atoms. The molecule has 1 saturated carbocycles. The lowest BCUT2D eigenvalue weighted by Gasteiger charge is -2.23. The van der Waals surface area contributed by atoms with Gasteiger partial charge < -0.3 is 14.5 Å². The summed E-state index contributed by atoms with van der Waals surface area (Å²) in [6, 6.07) is 7.79. The molecular formula is C18H17ClN2O4. The van der Waals surface area contributed by atoms with Crippen LogP contribution in [0, 0.1) is 11.8 Å². The van der Waals surface area contributed by atoms with Gasteiger partial charge in [-0.15, -0.1) is 0 Å². The van der Waals surface area contributed by atoms with Crippen molar-refractivity contribution in [1.29, 1.82) is 0 Å². The number of carboxylic acid groups (broad SMARTS) is 1. The van der Waals surface area contributed by atoms with Gasteiger partial charge in [-0.2, -0.15) is 0 Å². The molecule has 2 aromatic rings. The summed E-state index contributed by atoms with van der Waals surface area (Å²) in [7, 11) is 0. The molecule has 1 amide bonds. The Morgan fingerprint density at radius 3 is 2.72 bits per heavy atom. The van der Waals surface area contributed by atoms with Crippen LogP contribution in [0.1, 0.15) is 29.8 Å². The molecule has 0 bridgehead atoms. The highest BCUT2D eigenvalue weighted by molar-refractivity contribution is 6.30. The minimum Gasteiger partial charge on any atom is -0.480 e. The van der Waals surface area contributed by atoms with Gasteiger partial charge in [-0.3, -0.25) is 4.79 Å². The van der Waals surface area contributed by atoms with Crippen LogP contribution >= 0.6 is 11.6 Å². The highest BCUT2D eigenvalue weighted by atomic mass is 35.5. The molecule has 7 heteroatoms. The number of aromatic nitrogens is 1. The van der Waals surface area contributed by atoms with Gasteiger partial charge in [0.2, 0.25) is 0 Å². The predicted molar refractivity (Wildman–Crippen MR) is 90.2 cm³/mol. The second kappa shape index (κ2) is 6.19. The van der Waals surface area contributed by atoms with Gasteiger partial charge in [0.1, 0.15) is 6.04 Å². The average Bonchev–Trinajstić information content (AvgIpc) is 3.29. The molecule has 0 radical (unpaired) electrons. The molecule has 1 aliphatic carbocycles. The van der Waals surface area contributed by atoms with Gasteiger partial charge in [0.05, 0.1) is 0 Å². The first-order chi connectivity index (χ1) is 12.0. The average molecular weight is 361 g/mol. The Kier molecular flexibility index (Phi) is 4.00. The molecular weight excluding hydrogens is 344 g/mol. The van der Waals surface area contributed by atoms with Crippen molar-refractivity contribution in [3.8, 4) is 11.3 Å². The van der Waals surface area contributed by atoms with Crippen LogP contribution < -0.4 is 0 Å². The molecule has 1 saturated heterocycles. The van der Waals surface area contributed by atoms with Crippen molar-refractivity contribution in [2.45, 2.75) is 25.3 Å². The van der Waals surface area contributed by atoms with Crippen LogP contribution in [-0.4, -0.2) is 39.6 Å². The van der Waals surface area contributed by atoms with Gasteiger partial charge in [0, 0.05) is 23.2 Å². The lowest BCUT2D eigenvalue weighted by Crippen LogP contribution is -2.43. The predicted octanol–water partition coefficient (Wildman–Crippen LogP) is 3.32. The molecule has 2 fully saturated rings. The minimum atomic E-state index is -0.941. The SMILES string of the molecule is O=C(O)C1C2CCCC2CN1C(=O)c1cc(-c2ccc(Cl)cc2)on1. The second-order valence-corrected chi connectivity index (χ2v) is 7.12. The van der Waals surface area contributed by atoms with Gasteiger partial charge in [-0.1, -0.05) is 23.2 Å². The number of halogens is 1. The van der Waals surface area contributed by atoms with Crippen LogP contribution in [0.3, 0.4) is 0 Å². The quantitative estimate of drug-likeness (QED) is 0.907. The van der Waals surface area contributed by atoms with E-state index >= 15 is 0 Å². The van der Waals surface area contributed by atoms with E-state index in [9.17, 15) is 14.7 Å². The largest absolute Gasteiger partial charge is 0.480 e. The lowest BCUT2D eigenvalue weighted by molar-refractivity contribution is -0.142. The number of rotatable bonds is 3. The smallest absolute Gasteiger partial charge is 0.326 e. The minimum absolute atomic E-state index is 0.0455. The lowest BCUT2D eigenvalue weighted by atomic mass is 9.94. The summed E-state index contributed by atoms with van der Waals surface area (Å²) in [5.74, 6) is -0.557. The molecule has 1 aliphatic heterocycles. The highest BCUT2D eigenvalue weighted by Crippen LogP contribution is 2.42. The van der Waals surface area contributed by atoms with Crippen LogP contribution in [0.2, 0.25) is 5.02 Å². The van der Waals surface area contributed by atoms with Crippen LogP contribution in [-0.2, 0) is 4.79 Å². The first-order valence-electron chi connectivity index (χ1n) is 8.31. The number of hydrogen-bond acceptors (Lipinski definition) is 4. The number of fused-ring (bicyclic) bond motifs is 1. The van der Waals surface area contributed by atoms with Crippen molar-refractivity contribution in [3.05, 3.63) is 41.0 Å². The number of hydrogen-bond donors (Lipinski definition) is 1. The first kappa shape index (κ1) is 16.1. The third kappa shape index (κ3) is 2.80. The summed E-state index contributed by atoms with van der Waals surface area (Å²) in [5, 5.41) is 14.0. The third-order valence-electron chi connectivity index (χ3n) is 5.26. The normalized spacial score (nSPS) is 25.2. The Morgan fingerprint density at radius 1 is 1.24 bits per heavy atom. The Balaban J connectivity index is 1.59. The molecule has 1 aromatic heterocycles. The van der Waals surface area contributed by atoms with Crippen molar-refractivity contribution in [2.75, 3.05) is 6.54 Å². The fourth-order valence-corrected chi connectivity index (χ4v) is 4.23. The molecule has 2 heterocycles. The van der Waals surface area contributed by atoms with Crippen LogP contribution in [0.15, 0.2) is 34.9 Å². The van der Waals surface area contributed by atoms with Gasteiger partial charge in [0.25, 0.3) is 5.91 Å². The van der Waals surface area contributed by atoms with Crippen LogP contribution in [0.4, 0.5) is 0 Å². The molecule has 0 spiro atoms. The monoisotopic (exact) mass is 360 g/mol. The van der Waals surface area contributed by atoms with Crippen molar-refractivity contribution < 1.29 is 19.2 Å². The summed E-state index contributed by atoms with van der Waals surface area (Å²) < 4.78 is 5.27. The second-order valence-electron chi connectivity index (χ2n) is 6.68. The van der Waals surface area contributed by atoms with Gasteiger partial charge in [-0.25, -0.2) is 4.79 Å². The Hall–Kier alpha value is -2.34. The number of aliphatic carboxylic acids is 1. The number of benzene rings is 1. The van der Waals surface area contributed by atoms with E-state index < -0.39 is 12.0 Å². The molecule has 2 aliphatic rings. The number of carboxylic acids is 1. The summed E-state index contributed by atoms with van der Waals surface area (Å²) in [6.45, 7) is 0.476. The maximum atomic E-state index is 12.8. The standard InChI is InChI=1S/C18H17ClN2O4/c19-12-6-4-10(5-7-12)15-8-14(20-25-15)17(22)21-9-11-2-1-3-13(11)16(21)18(23)24/h4-8,11,13,16H,1-3,9H2,(H,23,24). The topological polar surface area (TPSA) is 83.6 Å². The molecule has 6 nitrogen and oxygen atoms in total. The molecule has 3 unspecified atom stereocenters. The molecule has 1 N–H and O–H groups in total. The van der Waals surface area contributed by atoms with E-state index in [1.807, 2.05) is 0 Å². The maximum absolute atomic E-state index is 12.8.